The zero-order valence-electron chi connectivity index (χ0n) is 18.7. The summed E-state index contributed by atoms with van der Waals surface area (Å²) in [5.74, 6) is -0.373. The van der Waals surface area contributed by atoms with Crippen molar-refractivity contribution in [2.24, 2.45) is 11.7 Å². The van der Waals surface area contributed by atoms with Crippen molar-refractivity contribution >= 4 is 16.8 Å². The maximum atomic E-state index is 14.3. The summed E-state index contributed by atoms with van der Waals surface area (Å²) in [6.07, 6.45) is 6.91. The molecule has 2 aromatic carbocycles. The summed E-state index contributed by atoms with van der Waals surface area (Å²) >= 11 is 0. The minimum Gasteiger partial charge on any atom is -0.489 e. The van der Waals surface area contributed by atoms with E-state index in [1.165, 1.54) is 24.6 Å². The van der Waals surface area contributed by atoms with E-state index in [9.17, 15) is 13.6 Å². The number of ether oxygens (including phenoxy) is 1. The SMILES string of the molecule is CC(CC(N[C@H]1COc2c(F)ccc(C(N)=O)c2C1)C1CCC1)c1c[nH]c2ccc(F)cc12. The zero-order chi connectivity index (χ0) is 23.1. The second-order valence-corrected chi connectivity index (χ2v) is 9.51. The summed E-state index contributed by atoms with van der Waals surface area (Å²) < 4.78 is 33.9. The van der Waals surface area contributed by atoms with Gasteiger partial charge in [-0.1, -0.05) is 13.3 Å². The van der Waals surface area contributed by atoms with Gasteiger partial charge in [0, 0.05) is 40.3 Å². The van der Waals surface area contributed by atoms with E-state index in [4.69, 9.17) is 10.5 Å². The summed E-state index contributed by atoms with van der Waals surface area (Å²) in [7, 11) is 0. The molecule has 1 aliphatic heterocycles. The molecule has 0 saturated heterocycles. The van der Waals surface area contributed by atoms with Gasteiger partial charge in [-0.05, 0) is 73.4 Å². The van der Waals surface area contributed by atoms with E-state index in [-0.39, 0.29) is 29.6 Å². The molecule has 5 nitrogen and oxygen atoms in total. The Morgan fingerprint density at radius 1 is 1.27 bits per heavy atom. The zero-order valence-corrected chi connectivity index (χ0v) is 18.7. The molecule has 1 aliphatic carbocycles. The Balaban J connectivity index is 1.35. The van der Waals surface area contributed by atoms with Crippen molar-refractivity contribution in [2.45, 2.75) is 57.0 Å². The van der Waals surface area contributed by atoms with Gasteiger partial charge in [0.15, 0.2) is 11.6 Å². The van der Waals surface area contributed by atoms with Crippen LogP contribution < -0.4 is 15.8 Å². The second-order valence-electron chi connectivity index (χ2n) is 9.51. The molecule has 1 saturated carbocycles. The molecular weight excluding hydrogens is 424 g/mol. The number of nitrogens with two attached hydrogens (primary N) is 1. The van der Waals surface area contributed by atoms with Gasteiger partial charge < -0.3 is 20.8 Å². The van der Waals surface area contributed by atoms with Crippen LogP contribution in [0.2, 0.25) is 0 Å². The summed E-state index contributed by atoms with van der Waals surface area (Å²) in [6.45, 7) is 2.51. The Bertz CT molecular complexity index is 1190. The topological polar surface area (TPSA) is 80.1 Å². The monoisotopic (exact) mass is 453 g/mol. The van der Waals surface area contributed by atoms with Crippen LogP contribution in [0.1, 0.15) is 60.0 Å². The van der Waals surface area contributed by atoms with Gasteiger partial charge in [-0.2, -0.15) is 0 Å². The van der Waals surface area contributed by atoms with Crippen LogP contribution >= 0.6 is 0 Å². The van der Waals surface area contributed by atoms with E-state index in [0.29, 0.717) is 30.1 Å². The first-order valence-electron chi connectivity index (χ1n) is 11.7. The summed E-state index contributed by atoms with van der Waals surface area (Å²) in [5, 5.41) is 4.68. The fourth-order valence-electron chi connectivity index (χ4n) is 5.36. The number of hydrogen-bond donors (Lipinski definition) is 3. The van der Waals surface area contributed by atoms with Crippen molar-refractivity contribution in [1.82, 2.24) is 10.3 Å². The van der Waals surface area contributed by atoms with Crippen LogP contribution in [-0.2, 0) is 6.42 Å². The molecule has 0 spiro atoms. The summed E-state index contributed by atoms with van der Waals surface area (Å²) in [5.41, 5.74) is 8.42. The molecular formula is C26H29F2N3O2. The average Bonchev–Trinajstić information content (AvgIpc) is 3.15. The largest absolute Gasteiger partial charge is 0.489 e. The van der Waals surface area contributed by atoms with E-state index in [1.807, 2.05) is 6.20 Å². The van der Waals surface area contributed by atoms with Gasteiger partial charge in [-0.15, -0.1) is 0 Å². The van der Waals surface area contributed by atoms with E-state index in [2.05, 4.69) is 17.2 Å². The van der Waals surface area contributed by atoms with Crippen LogP contribution in [0.5, 0.6) is 5.75 Å². The minimum absolute atomic E-state index is 0.0457. The van der Waals surface area contributed by atoms with Crippen molar-refractivity contribution in [3.8, 4) is 5.75 Å². The third-order valence-corrected chi connectivity index (χ3v) is 7.34. The number of fused-ring (bicyclic) bond motifs is 2. The number of nitrogens with one attached hydrogen (secondary N) is 2. The quantitative estimate of drug-likeness (QED) is 0.481. The highest BCUT2D eigenvalue weighted by atomic mass is 19.1. The maximum absolute atomic E-state index is 14.3. The highest BCUT2D eigenvalue weighted by Crippen LogP contribution is 2.37. The standard InChI is InChI=1S/C26H29F2N3O2/c1-14(21-12-30-23-8-5-16(27)10-19(21)23)9-24(15-3-2-4-15)31-17-11-20-18(26(29)32)6-7-22(28)25(20)33-13-17/h5-8,10,12,14-15,17,24,30-31H,2-4,9,11,13H2,1H3,(H2,29,32)/t14?,17-,24?/m1/s1. The minimum atomic E-state index is -0.578. The van der Waals surface area contributed by atoms with Crippen LogP contribution in [-0.4, -0.2) is 29.6 Å². The van der Waals surface area contributed by atoms with Gasteiger partial charge in [0.1, 0.15) is 12.4 Å². The Morgan fingerprint density at radius 2 is 2.09 bits per heavy atom. The van der Waals surface area contributed by atoms with Crippen LogP contribution in [0.4, 0.5) is 8.78 Å². The first-order chi connectivity index (χ1) is 15.9. The Morgan fingerprint density at radius 3 is 2.82 bits per heavy atom. The van der Waals surface area contributed by atoms with Crippen molar-refractivity contribution in [3.05, 3.63) is 64.9 Å². The molecule has 0 radical (unpaired) electrons. The third-order valence-electron chi connectivity index (χ3n) is 7.34. The lowest BCUT2D eigenvalue weighted by molar-refractivity contribution is 0.0996. The van der Waals surface area contributed by atoms with Crippen molar-refractivity contribution in [3.63, 3.8) is 0 Å². The number of aromatic nitrogens is 1. The van der Waals surface area contributed by atoms with Crippen LogP contribution in [0.25, 0.3) is 10.9 Å². The molecule has 7 heteroatoms. The number of halogens is 2. The highest BCUT2D eigenvalue weighted by Gasteiger charge is 2.33. The first-order valence-corrected chi connectivity index (χ1v) is 11.7. The lowest BCUT2D eigenvalue weighted by Gasteiger charge is -2.39. The van der Waals surface area contributed by atoms with Crippen molar-refractivity contribution < 1.29 is 18.3 Å². The molecule has 0 bridgehead atoms. The molecule has 174 valence electrons. The van der Waals surface area contributed by atoms with Crippen LogP contribution in [0, 0.1) is 17.6 Å². The maximum Gasteiger partial charge on any atom is 0.249 e. The summed E-state index contributed by atoms with van der Waals surface area (Å²) in [4.78, 5) is 15.1. The molecule has 1 aromatic heterocycles. The molecule has 2 aliphatic rings. The number of amides is 1. The number of carbonyl (C=O) groups excluding carboxylic acids is 1. The molecule has 1 amide bonds. The fraction of sp³-hybridized carbons (Fsp3) is 0.423. The number of hydrogen-bond acceptors (Lipinski definition) is 3. The molecule has 1 fully saturated rings. The first kappa shape index (κ1) is 21.9. The molecule has 2 unspecified atom stereocenters. The molecule has 5 rings (SSSR count). The number of H-pyrrole nitrogens is 1. The van der Waals surface area contributed by atoms with Gasteiger partial charge >= 0.3 is 0 Å². The second kappa shape index (κ2) is 8.78. The normalized spacial score (nSPS) is 20.0. The van der Waals surface area contributed by atoms with Crippen LogP contribution in [0.3, 0.4) is 0 Å². The number of carbonyl (C=O) groups is 1. The van der Waals surface area contributed by atoms with E-state index in [1.54, 1.807) is 12.1 Å². The molecule has 3 aromatic rings. The number of benzene rings is 2. The highest BCUT2D eigenvalue weighted by molar-refractivity contribution is 5.95. The van der Waals surface area contributed by atoms with E-state index < -0.39 is 11.7 Å². The third kappa shape index (κ3) is 4.22. The molecule has 3 atom stereocenters. The summed E-state index contributed by atoms with van der Waals surface area (Å²) in [6, 6.07) is 7.70. The fourth-order valence-corrected chi connectivity index (χ4v) is 5.36. The lowest BCUT2D eigenvalue weighted by atomic mass is 9.75. The number of primary amides is 1. The van der Waals surface area contributed by atoms with Gasteiger partial charge in [0.05, 0.1) is 0 Å². The van der Waals surface area contributed by atoms with E-state index >= 15 is 0 Å². The van der Waals surface area contributed by atoms with Crippen molar-refractivity contribution in [2.75, 3.05) is 6.61 Å². The predicted molar refractivity (Wildman–Crippen MR) is 123 cm³/mol. The predicted octanol–water partition coefficient (Wildman–Crippen LogP) is 4.80. The van der Waals surface area contributed by atoms with Gasteiger partial charge in [0.25, 0.3) is 0 Å². The Labute approximate surface area is 191 Å². The average molecular weight is 454 g/mol. The molecule has 33 heavy (non-hydrogen) atoms. The lowest BCUT2D eigenvalue weighted by Crippen LogP contribution is -2.50. The Hall–Kier alpha value is -2.93. The number of rotatable bonds is 7. The van der Waals surface area contributed by atoms with Gasteiger partial charge in [-0.25, -0.2) is 8.78 Å². The van der Waals surface area contributed by atoms with E-state index in [0.717, 1.165) is 35.7 Å². The van der Waals surface area contributed by atoms with Crippen molar-refractivity contribution in [1.29, 1.82) is 0 Å². The Kier molecular flexibility index (Phi) is 5.83. The smallest absolute Gasteiger partial charge is 0.249 e. The van der Waals surface area contributed by atoms with Gasteiger partial charge in [0.2, 0.25) is 5.91 Å². The number of aromatic amines is 1. The van der Waals surface area contributed by atoms with Gasteiger partial charge in [-0.3, -0.25) is 4.79 Å². The molecule has 4 N–H and O–H groups in total. The van der Waals surface area contributed by atoms with Crippen LogP contribution in [0.15, 0.2) is 36.5 Å². The molecule has 2 heterocycles.